The zero-order chi connectivity index (χ0) is 14.2. The molecule has 0 aliphatic carbocycles. The molecule has 0 atom stereocenters. The lowest BCUT2D eigenvalue weighted by molar-refractivity contribution is 0.0555. The van der Waals surface area contributed by atoms with Crippen molar-refractivity contribution >= 4 is 20.0 Å². The van der Waals surface area contributed by atoms with Crippen molar-refractivity contribution in [1.82, 2.24) is 0 Å². The molecule has 0 aromatic heterocycles. The van der Waals surface area contributed by atoms with Gasteiger partial charge in [0, 0.05) is 0 Å². The normalized spacial score (nSPS) is 15.8. The van der Waals surface area contributed by atoms with Gasteiger partial charge in [-0.05, 0) is 35.3 Å². The number of hydrogen-bond donors (Lipinski definition) is 0. The third-order valence-corrected chi connectivity index (χ3v) is 6.16. The molecule has 0 unspecified atom stereocenters. The fourth-order valence-corrected chi connectivity index (χ4v) is 5.52. The van der Waals surface area contributed by atoms with E-state index in [-0.39, 0.29) is 0 Å². The van der Waals surface area contributed by atoms with Crippen LogP contribution in [-0.4, -0.2) is 34.2 Å². The Balaban J connectivity index is 2.55. The highest BCUT2D eigenvalue weighted by Crippen LogP contribution is 2.31. The topological polar surface area (TPSA) is 52.6 Å². The summed E-state index contributed by atoms with van der Waals surface area (Å²) in [4.78, 5) is 23.6. The molecule has 0 amide bonds. The molecule has 5 heteroatoms. The van der Waals surface area contributed by atoms with Crippen LogP contribution >= 0.6 is 0 Å². The van der Waals surface area contributed by atoms with Gasteiger partial charge in [0.1, 0.15) is 0 Å². The van der Waals surface area contributed by atoms with E-state index in [1.54, 1.807) is 12.1 Å². The highest BCUT2D eigenvalue weighted by Gasteiger charge is 2.33. The van der Waals surface area contributed by atoms with E-state index in [9.17, 15) is 9.59 Å². The van der Waals surface area contributed by atoms with Crippen LogP contribution in [0.25, 0.3) is 0 Å². The number of hydrogen-bond acceptors (Lipinski definition) is 4. The van der Waals surface area contributed by atoms with Gasteiger partial charge in [0.15, 0.2) is 0 Å². The first-order valence-electron chi connectivity index (χ1n) is 6.20. The molecule has 1 aliphatic rings. The number of methoxy groups -OCH3 is 2. The molecule has 2 rings (SSSR count). The molecule has 1 aromatic carbocycles. The Hall–Kier alpha value is -1.62. The maximum Gasteiger partial charge on any atom is 0.338 e. The second-order valence-corrected chi connectivity index (χ2v) is 10.7. The van der Waals surface area contributed by atoms with Crippen molar-refractivity contribution in [3.05, 3.63) is 34.4 Å². The Labute approximate surface area is 113 Å². The summed E-state index contributed by atoms with van der Waals surface area (Å²) in [7, 11) is 1.34. The second kappa shape index (κ2) is 4.81. The Morgan fingerprint density at radius 1 is 0.947 bits per heavy atom. The first kappa shape index (κ1) is 13.8. The van der Waals surface area contributed by atoms with E-state index in [2.05, 4.69) is 13.1 Å². The monoisotopic (exact) mass is 278 g/mol. The van der Waals surface area contributed by atoms with E-state index < -0.39 is 20.0 Å². The molecule has 1 aromatic rings. The maximum absolute atomic E-state index is 11.8. The van der Waals surface area contributed by atoms with Crippen molar-refractivity contribution in [2.45, 2.75) is 25.2 Å². The molecule has 0 fully saturated rings. The van der Waals surface area contributed by atoms with Crippen LogP contribution in [-0.2, 0) is 21.6 Å². The van der Waals surface area contributed by atoms with Crippen molar-refractivity contribution in [2.75, 3.05) is 14.2 Å². The van der Waals surface area contributed by atoms with Gasteiger partial charge in [-0.2, -0.15) is 0 Å². The van der Waals surface area contributed by atoms with Crippen LogP contribution in [0, 0.1) is 0 Å². The lowest BCUT2D eigenvalue weighted by Gasteiger charge is -2.11. The summed E-state index contributed by atoms with van der Waals surface area (Å²) in [6, 6.07) is 5.67. The standard InChI is InChI=1S/C14H18O4Si/c1-17-13(15)11-5-9-7-19(3,4)8-10(9)6-12(11)14(16)18-2/h5-6H,7-8H2,1-4H3. The zero-order valence-electron chi connectivity index (χ0n) is 11.7. The summed E-state index contributed by atoms with van der Waals surface area (Å²) in [5, 5.41) is 0. The molecule has 0 radical (unpaired) electrons. The van der Waals surface area contributed by atoms with Crippen LogP contribution in [0.1, 0.15) is 31.8 Å². The molecule has 1 aliphatic heterocycles. The Morgan fingerprint density at radius 3 is 1.63 bits per heavy atom. The molecule has 4 nitrogen and oxygen atoms in total. The average molecular weight is 278 g/mol. The van der Waals surface area contributed by atoms with E-state index in [4.69, 9.17) is 9.47 Å². The lowest BCUT2D eigenvalue weighted by atomic mass is 10.00. The number of rotatable bonds is 2. The van der Waals surface area contributed by atoms with E-state index in [0.29, 0.717) is 11.1 Å². The van der Waals surface area contributed by atoms with Crippen LogP contribution in [0.4, 0.5) is 0 Å². The number of ether oxygens (including phenoxy) is 2. The van der Waals surface area contributed by atoms with Crippen LogP contribution < -0.4 is 0 Å². The van der Waals surface area contributed by atoms with Gasteiger partial charge >= 0.3 is 11.9 Å². The van der Waals surface area contributed by atoms with Crippen molar-refractivity contribution < 1.29 is 19.1 Å². The van der Waals surface area contributed by atoms with Gasteiger partial charge < -0.3 is 9.47 Å². The summed E-state index contributed by atoms with van der Waals surface area (Å²) in [6.45, 7) is 4.62. The van der Waals surface area contributed by atoms with Crippen LogP contribution in [0.5, 0.6) is 0 Å². The number of carbonyl (C=O) groups excluding carboxylic acids is 2. The van der Waals surface area contributed by atoms with E-state index in [0.717, 1.165) is 12.1 Å². The summed E-state index contributed by atoms with van der Waals surface area (Å²) in [5.41, 5.74) is 2.95. The Morgan fingerprint density at radius 2 is 1.32 bits per heavy atom. The SMILES string of the molecule is COC(=O)c1cc2c(cc1C(=O)OC)C[Si](C)(C)C2. The lowest BCUT2D eigenvalue weighted by Crippen LogP contribution is -2.26. The first-order valence-corrected chi connectivity index (χ1v) is 9.62. The summed E-state index contributed by atoms with van der Waals surface area (Å²) in [5.74, 6) is -0.982. The summed E-state index contributed by atoms with van der Waals surface area (Å²) >= 11 is 0. The third kappa shape index (κ3) is 2.56. The molecule has 0 spiro atoms. The fraction of sp³-hybridized carbons (Fsp3) is 0.429. The molecular weight excluding hydrogens is 260 g/mol. The van der Waals surface area contributed by atoms with Gasteiger partial charge in [0.25, 0.3) is 0 Å². The minimum atomic E-state index is -1.28. The molecule has 0 N–H and O–H groups in total. The van der Waals surface area contributed by atoms with Gasteiger partial charge in [0.2, 0.25) is 0 Å². The quantitative estimate of drug-likeness (QED) is 0.614. The maximum atomic E-state index is 11.8. The first-order chi connectivity index (χ1) is 8.88. The highest BCUT2D eigenvalue weighted by atomic mass is 28.3. The number of benzene rings is 1. The minimum Gasteiger partial charge on any atom is -0.465 e. The molecular formula is C14H18O4Si. The van der Waals surface area contributed by atoms with Crippen LogP contribution in [0.2, 0.25) is 13.1 Å². The molecule has 19 heavy (non-hydrogen) atoms. The molecule has 102 valence electrons. The highest BCUT2D eigenvalue weighted by molar-refractivity contribution is 6.77. The number of carbonyl (C=O) groups is 2. The van der Waals surface area contributed by atoms with E-state index in [1.807, 2.05) is 0 Å². The van der Waals surface area contributed by atoms with Gasteiger partial charge in [0.05, 0.1) is 33.4 Å². The van der Waals surface area contributed by atoms with Gasteiger partial charge in [-0.3, -0.25) is 0 Å². The summed E-state index contributed by atoms with van der Waals surface area (Å²) in [6.07, 6.45) is 0. The van der Waals surface area contributed by atoms with Crippen molar-refractivity contribution in [3.63, 3.8) is 0 Å². The van der Waals surface area contributed by atoms with Crippen LogP contribution in [0.15, 0.2) is 12.1 Å². The average Bonchev–Trinajstić information content (AvgIpc) is 2.68. The second-order valence-electron chi connectivity index (χ2n) is 5.67. The Kier molecular flexibility index (Phi) is 3.49. The molecule has 0 saturated carbocycles. The zero-order valence-corrected chi connectivity index (χ0v) is 12.7. The fourth-order valence-electron chi connectivity index (χ4n) is 2.67. The summed E-state index contributed by atoms with van der Waals surface area (Å²) < 4.78 is 9.50. The predicted molar refractivity (Wildman–Crippen MR) is 74.0 cm³/mol. The van der Waals surface area contributed by atoms with Crippen molar-refractivity contribution in [3.8, 4) is 0 Å². The van der Waals surface area contributed by atoms with Crippen molar-refractivity contribution in [2.24, 2.45) is 0 Å². The molecule has 1 heterocycles. The van der Waals surface area contributed by atoms with E-state index in [1.165, 1.54) is 25.3 Å². The minimum absolute atomic E-state index is 0.305. The third-order valence-electron chi connectivity index (χ3n) is 3.49. The molecule has 0 saturated heterocycles. The van der Waals surface area contributed by atoms with Crippen LogP contribution in [0.3, 0.4) is 0 Å². The van der Waals surface area contributed by atoms with E-state index >= 15 is 0 Å². The predicted octanol–water partition coefficient (Wildman–Crippen LogP) is 2.15. The number of esters is 2. The van der Waals surface area contributed by atoms with Gasteiger partial charge in [-0.15, -0.1) is 0 Å². The van der Waals surface area contributed by atoms with Crippen molar-refractivity contribution in [1.29, 1.82) is 0 Å². The number of fused-ring (bicyclic) bond motifs is 1. The molecule has 0 bridgehead atoms. The van der Waals surface area contributed by atoms with Gasteiger partial charge in [-0.1, -0.05) is 13.1 Å². The largest absolute Gasteiger partial charge is 0.465 e. The van der Waals surface area contributed by atoms with Gasteiger partial charge in [-0.25, -0.2) is 9.59 Å². The Bertz CT molecular complexity index is 502. The smallest absolute Gasteiger partial charge is 0.338 e.